The zero-order chi connectivity index (χ0) is 15.6. The van der Waals surface area contributed by atoms with Crippen molar-refractivity contribution in [2.45, 2.75) is 38.6 Å². The third-order valence-electron chi connectivity index (χ3n) is 3.90. The summed E-state index contributed by atoms with van der Waals surface area (Å²) in [7, 11) is 0. The maximum absolute atomic E-state index is 13.4. The monoisotopic (exact) mass is 295 g/mol. The average Bonchev–Trinajstić information content (AvgIpc) is 2.48. The van der Waals surface area contributed by atoms with Crippen LogP contribution < -0.4 is 5.73 Å². The van der Waals surface area contributed by atoms with Crippen molar-refractivity contribution in [3.8, 4) is 0 Å². The van der Waals surface area contributed by atoms with E-state index in [1.165, 1.54) is 0 Å². The summed E-state index contributed by atoms with van der Waals surface area (Å²) in [6, 6.07) is 1.85. The van der Waals surface area contributed by atoms with E-state index in [1.807, 2.05) is 6.92 Å². The van der Waals surface area contributed by atoms with Gasteiger partial charge in [0.2, 0.25) is 0 Å². The van der Waals surface area contributed by atoms with E-state index in [-0.39, 0.29) is 17.3 Å². The molecule has 1 heterocycles. The fourth-order valence-corrected chi connectivity index (χ4v) is 2.75. The highest BCUT2D eigenvalue weighted by molar-refractivity contribution is 5.99. The molecular weight excluding hydrogens is 277 g/mol. The molecule has 1 aliphatic rings. The highest BCUT2D eigenvalue weighted by atomic mass is 19.1. The highest BCUT2D eigenvalue weighted by Crippen LogP contribution is 2.28. The normalized spacial score (nSPS) is 18.6. The first kappa shape index (κ1) is 15.2. The second-order valence-corrected chi connectivity index (χ2v) is 5.20. The molecule has 2 rings (SSSR count). The lowest BCUT2D eigenvalue weighted by molar-refractivity contribution is -0.385. The standard InChI is InChI=1S/C14H18FN3O3/c1-2-9-5-3-4-6-17(9)14(19)10-7-12(16)11(15)8-13(10)18(20)21/h7-9H,2-6,16H2,1H3. The molecule has 0 bridgehead atoms. The summed E-state index contributed by atoms with van der Waals surface area (Å²) in [5, 5.41) is 11.1. The molecule has 1 aromatic rings. The zero-order valence-corrected chi connectivity index (χ0v) is 11.8. The number of hydrogen-bond acceptors (Lipinski definition) is 4. The maximum Gasteiger partial charge on any atom is 0.285 e. The van der Waals surface area contributed by atoms with Gasteiger partial charge in [-0.15, -0.1) is 0 Å². The zero-order valence-electron chi connectivity index (χ0n) is 11.8. The third-order valence-corrected chi connectivity index (χ3v) is 3.90. The van der Waals surface area contributed by atoms with Crippen LogP contribution in [0.25, 0.3) is 0 Å². The highest BCUT2D eigenvalue weighted by Gasteiger charge is 2.31. The lowest BCUT2D eigenvalue weighted by Crippen LogP contribution is -2.43. The molecule has 1 fully saturated rings. The molecule has 1 atom stereocenters. The number of carbonyl (C=O) groups is 1. The maximum atomic E-state index is 13.4. The number of piperidine rings is 1. The molecule has 0 aliphatic carbocycles. The lowest BCUT2D eigenvalue weighted by atomic mass is 9.98. The predicted octanol–water partition coefficient (Wildman–Crippen LogP) is 2.72. The molecule has 0 spiro atoms. The van der Waals surface area contributed by atoms with Gasteiger partial charge in [-0.3, -0.25) is 14.9 Å². The van der Waals surface area contributed by atoms with Crippen LogP contribution in [-0.2, 0) is 0 Å². The summed E-state index contributed by atoms with van der Waals surface area (Å²) in [5.74, 6) is -1.33. The van der Waals surface area contributed by atoms with Crippen molar-refractivity contribution in [2.24, 2.45) is 0 Å². The van der Waals surface area contributed by atoms with Crippen molar-refractivity contribution in [2.75, 3.05) is 12.3 Å². The van der Waals surface area contributed by atoms with Crippen LogP contribution in [0.5, 0.6) is 0 Å². The SMILES string of the molecule is CCC1CCCCN1C(=O)c1cc(N)c(F)cc1[N+](=O)[O-]. The molecule has 21 heavy (non-hydrogen) atoms. The smallest absolute Gasteiger partial charge is 0.285 e. The van der Waals surface area contributed by atoms with E-state index >= 15 is 0 Å². The van der Waals surface area contributed by atoms with Gasteiger partial charge in [0.1, 0.15) is 5.56 Å². The van der Waals surface area contributed by atoms with E-state index in [0.29, 0.717) is 12.6 Å². The second-order valence-electron chi connectivity index (χ2n) is 5.20. The summed E-state index contributed by atoms with van der Waals surface area (Å²) in [4.78, 5) is 24.5. The Kier molecular flexibility index (Phi) is 4.40. The molecular formula is C14H18FN3O3. The van der Waals surface area contributed by atoms with Gasteiger partial charge in [-0.2, -0.15) is 0 Å². The number of amides is 1. The van der Waals surface area contributed by atoms with Crippen LogP contribution >= 0.6 is 0 Å². The fourth-order valence-electron chi connectivity index (χ4n) is 2.75. The Morgan fingerprint density at radius 2 is 2.24 bits per heavy atom. The third kappa shape index (κ3) is 2.96. The summed E-state index contributed by atoms with van der Waals surface area (Å²) in [6.45, 7) is 2.54. The van der Waals surface area contributed by atoms with Crippen molar-refractivity contribution in [3.63, 3.8) is 0 Å². The Labute approximate surface area is 121 Å². The number of nitro groups is 1. The van der Waals surface area contributed by atoms with E-state index in [1.54, 1.807) is 4.90 Å². The van der Waals surface area contributed by atoms with Crippen LogP contribution in [0.4, 0.5) is 15.8 Å². The van der Waals surface area contributed by atoms with Crippen LogP contribution in [0.3, 0.4) is 0 Å². The second kappa shape index (κ2) is 6.07. The van der Waals surface area contributed by atoms with E-state index in [9.17, 15) is 19.3 Å². The molecule has 1 aliphatic heterocycles. The van der Waals surface area contributed by atoms with Crippen molar-refractivity contribution < 1.29 is 14.1 Å². The summed E-state index contributed by atoms with van der Waals surface area (Å²) >= 11 is 0. The molecule has 1 unspecified atom stereocenters. The van der Waals surface area contributed by atoms with Crippen molar-refractivity contribution in [1.82, 2.24) is 4.90 Å². The number of halogens is 1. The van der Waals surface area contributed by atoms with Gasteiger partial charge in [0.15, 0.2) is 5.82 Å². The van der Waals surface area contributed by atoms with Gasteiger partial charge in [-0.25, -0.2) is 4.39 Å². The Morgan fingerprint density at radius 3 is 2.86 bits per heavy atom. The minimum atomic E-state index is -0.885. The largest absolute Gasteiger partial charge is 0.396 e. The van der Waals surface area contributed by atoms with Gasteiger partial charge in [0, 0.05) is 12.6 Å². The average molecular weight is 295 g/mol. The van der Waals surface area contributed by atoms with Crippen LogP contribution in [0, 0.1) is 15.9 Å². The van der Waals surface area contributed by atoms with E-state index in [2.05, 4.69) is 0 Å². The molecule has 6 nitrogen and oxygen atoms in total. The minimum Gasteiger partial charge on any atom is -0.396 e. The molecule has 1 saturated heterocycles. The lowest BCUT2D eigenvalue weighted by Gasteiger charge is -2.35. The number of carbonyl (C=O) groups excluding carboxylic acids is 1. The van der Waals surface area contributed by atoms with Gasteiger partial charge in [-0.1, -0.05) is 6.92 Å². The van der Waals surface area contributed by atoms with Crippen LogP contribution in [0.15, 0.2) is 12.1 Å². The Hall–Kier alpha value is -2.18. The molecule has 1 aromatic carbocycles. The summed E-state index contributed by atoms with van der Waals surface area (Å²) < 4.78 is 13.4. The van der Waals surface area contributed by atoms with E-state index in [0.717, 1.165) is 31.7 Å². The van der Waals surface area contributed by atoms with E-state index in [4.69, 9.17) is 5.73 Å². The number of anilines is 1. The molecule has 2 N–H and O–H groups in total. The molecule has 114 valence electrons. The number of benzene rings is 1. The Bertz CT molecular complexity index is 577. The van der Waals surface area contributed by atoms with Crippen molar-refractivity contribution >= 4 is 17.3 Å². The number of nitrogens with zero attached hydrogens (tertiary/aromatic N) is 2. The number of likely N-dealkylation sites (tertiary alicyclic amines) is 1. The Morgan fingerprint density at radius 1 is 1.52 bits per heavy atom. The van der Waals surface area contributed by atoms with Crippen LogP contribution in [0.1, 0.15) is 43.0 Å². The first-order chi connectivity index (χ1) is 9.95. The topological polar surface area (TPSA) is 89.5 Å². The van der Waals surface area contributed by atoms with Gasteiger partial charge in [-0.05, 0) is 31.7 Å². The molecule has 7 heteroatoms. The van der Waals surface area contributed by atoms with Crippen LogP contribution in [0.2, 0.25) is 0 Å². The van der Waals surface area contributed by atoms with Gasteiger partial charge in [0.05, 0.1) is 16.7 Å². The minimum absolute atomic E-state index is 0.0668. The van der Waals surface area contributed by atoms with E-state index < -0.39 is 22.3 Å². The van der Waals surface area contributed by atoms with Crippen molar-refractivity contribution in [3.05, 3.63) is 33.6 Å². The fraction of sp³-hybridized carbons (Fsp3) is 0.500. The van der Waals surface area contributed by atoms with Gasteiger partial charge >= 0.3 is 0 Å². The van der Waals surface area contributed by atoms with Gasteiger partial charge in [0.25, 0.3) is 11.6 Å². The van der Waals surface area contributed by atoms with Gasteiger partial charge < -0.3 is 10.6 Å². The number of nitrogens with two attached hydrogens (primary N) is 1. The molecule has 0 aromatic heterocycles. The van der Waals surface area contributed by atoms with Crippen LogP contribution in [-0.4, -0.2) is 28.3 Å². The molecule has 0 radical (unpaired) electrons. The summed E-state index contributed by atoms with van der Waals surface area (Å²) in [6.07, 6.45) is 3.57. The van der Waals surface area contributed by atoms with Crippen molar-refractivity contribution in [1.29, 1.82) is 0 Å². The summed E-state index contributed by atoms with van der Waals surface area (Å²) in [5.41, 5.74) is 4.53. The number of rotatable bonds is 3. The molecule has 1 amide bonds. The Balaban J connectivity index is 2.42. The number of hydrogen-bond donors (Lipinski definition) is 1. The predicted molar refractivity (Wildman–Crippen MR) is 76.4 cm³/mol. The first-order valence-corrected chi connectivity index (χ1v) is 7.00. The number of nitrogen functional groups attached to an aromatic ring is 1. The first-order valence-electron chi connectivity index (χ1n) is 7.00. The quantitative estimate of drug-likeness (QED) is 0.527. The molecule has 0 saturated carbocycles. The number of nitro benzene ring substituents is 1.